The van der Waals surface area contributed by atoms with E-state index < -0.39 is 6.04 Å². The number of amides is 2. The molecule has 4 heteroatoms. The van der Waals surface area contributed by atoms with Crippen LogP contribution in [0.5, 0.6) is 0 Å². The largest absolute Gasteiger partial charge is 0.342 e. The van der Waals surface area contributed by atoms with Gasteiger partial charge in [0.2, 0.25) is 5.91 Å². The first-order chi connectivity index (χ1) is 9.99. The average Bonchev–Trinajstić information content (AvgIpc) is 3.25. The monoisotopic (exact) mass is 286 g/mol. The molecule has 21 heavy (non-hydrogen) atoms. The number of nitrogens with zero attached hydrogens (tertiary/aromatic N) is 1. The summed E-state index contributed by atoms with van der Waals surface area (Å²) in [6, 6.07) is 7.08. The van der Waals surface area contributed by atoms with Gasteiger partial charge in [0.25, 0.3) is 5.91 Å². The van der Waals surface area contributed by atoms with Crippen molar-refractivity contribution in [3.05, 3.63) is 29.8 Å². The highest BCUT2D eigenvalue weighted by atomic mass is 16.2. The number of hydrogen-bond acceptors (Lipinski definition) is 2. The summed E-state index contributed by atoms with van der Waals surface area (Å²) in [6.07, 6.45) is 2.07. The first-order valence-electron chi connectivity index (χ1n) is 7.69. The minimum absolute atomic E-state index is 0.0259. The summed E-state index contributed by atoms with van der Waals surface area (Å²) in [5.41, 5.74) is 1.97. The Bertz CT molecular complexity index is 561. The van der Waals surface area contributed by atoms with Crippen LogP contribution in [-0.4, -0.2) is 23.9 Å². The van der Waals surface area contributed by atoms with Crippen LogP contribution in [0.4, 0.5) is 5.69 Å². The quantitative estimate of drug-likeness (QED) is 0.926. The number of hydrogen-bond donors (Lipinski definition) is 1. The standard InChI is InChI=1S/C17H22N2O2/c1-10(2)15-16(20)18-14(12-6-7-12)17(21)19(15)13-8-4-11(3)5-9-13/h4-5,8-10,12,14-15H,6-7H2,1-3H3,(H,18,20). The molecule has 1 aromatic rings. The number of aryl methyl sites for hydroxylation is 1. The smallest absolute Gasteiger partial charge is 0.250 e. The summed E-state index contributed by atoms with van der Waals surface area (Å²) >= 11 is 0. The Hall–Kier alpha value is -1.84. The molecule has 2 atom stereocenters. The third-order valence-electron chi connectivity index (χ3n) is 4.39. The van der Waals surface area contributed by atoms with Crippen molar-refractivity contribution < 1.29 is 9.59 Å². The number of carbonyl (C=O) groups is 2. The fourth-order valence-electron chi connectivity index (χ4n) is 3.05. The molecule has 0 aromatic heterocycles. The maximum Gasteiger partial charge on any atom is 0.250 e. The lowest BCUT2D eigenvalue weighted by atomic mass is 9.94. The van der Waals surface area contributed by atoms with E-state index in [-0.39, 0.29) is 23.8 Å². The molecule has 2 unspecified atom stereocenters. The topological polar surface area (TPSA) is 49.4 Å². The normalized spacial score (nSPS) is 26.2. The second kappa shape index (κ2) is 5.17. The second-order valence-corrected chi connectivity index (χ2v) is 6.56. The fraction of sp³-hybridized carbons (Fsp3) is 0.529. The predicted molar refractivity (Wildman–Crippen MR) is 81.9 cm³/mol. The summed E-state index contributed by atoms with van der Waals surface area (Å²) in [5.74, 6) is 0.416. The maximum atomic E-state index is 12.9. The molecule has 1 aliphatic heterocycles. The Morgan fingerprint density at radius 2 is 1.76 bits per heavy atom. The van der Waals surface area contributed by atoms with Crippen molar-refractivity contribution >= 4 is 17.5 Å². The van der Waals surface area contributed by atoms with E-state index in [0.29, 0.717) is 5.92 Å². The molecule has 1 saturated carbocycles. The van der Waals surface area contributed by atoms with Gasteiger partial charge in [-0.3, -0.25) is 14.5 Å². The van der Waals surface area contributed by atoms with Crippen molar-refractivity contribution in [2.45, 2.75) is 45.7 Å². The SMILES string of the molecule is Cc1ccc(N2C(=O)C(C3CC3)NC(=O)C2C(C)C)cc1. The predicted octanol–water partition coefficient (Wildman–Crippen LogP) is 2.26. The van der Waals surface area contributed by atoms with Crippen LogP contribution in [0, 0.1) is 18.8 Å². The fourth-order valence-corrected chi connectivity index (χ4v) is 3.05. The lowest BCUT2D eigenvalue weighted by Gasteiger charge is -2.41. The summed E-state index contributed by atoms with van der Waals surface area (Å²) in [4.78, 5) is 27.0. The molecule has 0 spiro atoms. The van der Waals surface area contributed by atoms with Crippen LogP contribution in [0.25, 0.3) is 0 Å². The van der Waals surface area contributed by atoms with Crippen LogP contribution in [0.1, 0.15) is 32.3 Å². The van der Waals surface area contributed by atoms with Crippen LogP contribution in [0.15, 0.2) is 24.3 Å². The maximum absolute atomic E-state index is 12.9. The van der Waals surface area contributed by atoms with E-state index in [1.807, 2.05) is 45.0 Å². The zero-order valence-electron chi connectivity index (χ0n) is 12.8. The number of rotatable bonds is 3. The van der Waals surface area contributed by atoms with Gasteiger partial charge in [0, 0.05) is 5.69 Å². The van der Waals surface area contributed by atoms with Crippen molar-refractivity contribution in [1.29, 1.82) is 0 Å². The number of nitrogens with one attached hydrogen (secondary N) is 1. The lowest BCUT2D eigenvalue weighted by molar-refractivity contribution is -0.135. The molecule has 0 radical (unpaired) electrons. The summed E-state index contributed by atoms with van der Waals surface area (Å²) in [7, 11) is 0. The van der Waals surface area contributed by atoms with Gasteiger partial charge in [0.05, 0.1) is 0 Å². The van der Waals surface area contributed by atoms with E-state index in [1.165, 1.54) is 0 Å². The third kappa shape index (κ3) is 2.55. The molecule has 3 rings (SSSR count). The number of anilines is 1. The van der Waals surface area contributed by atoms with E-state index in [2.05, 4.69) is 5.32 Å². The highest BCUT2D eigenvalue weighted by molar-refractivity contribution is 6.08. The van der Waals surface area contributed by atoms with Crippen molar-refractivity contribution in [2.75, 3.05) is 4.90 Å². The Morgan fingerprint density at radius 3 is 2.29 bits per heavy atom. The van der Waals surface area contributed by atoms with E-state index in [0.717, 1.165) is 24.1 Å². The number of benzene rings is 1. The molecule has 4 nitrogen and oxygen atoms in total. The molecule has 2 aliphatic rings. The van der Waals surface area contributed by atoms with Gasteiger partial charge in [-0.2, -0.15) is 0 Å². The van der Waals surface area contributed by atoms with Gasteiger partial charge >= 0.3 is 0 Å². The van der Waals surface area contributed by atoms with Gasteiger partial charge in [0.15, 0.2) is 0 Å². The minimum atomic E-state index is -0.421. The molecule has 1 N–H and O–H groups in total. The van der Waals surface area contributed by atoms with Crippen LogP contribution in [0.3, 0.4) is 0 Å². The molecule has 1 saturated heterocycles. The van der Waals surface area contributed by atoms with Crippen molar-refractivity contribution in [2.24, 2.45) is 11.8 Å². The van der Waals surface area contributed by atoms with Gasteiger partial charge in [-0.25, -0.2) is 0 Å². The highest BCUT2D eigenvalue weighted by Gasteiger charge is 2.48. The number of carbonyl (C=O) groups excluding carboxylic acids is 2. The molecule has 112 valence electrons. The second-order valence-electron chi connectivity index (χ2n) is 6.56. The lowest BCUT2D eigenvalue weighted by Crippen LogP contribution is -2.65. The summed E-state index contributed by atoms with van der Waals surface area (Å²) in [6.45, 7) is 5.98. The van der Waals surface area contributed by atoms with E-state index in [4.69, 9.17) is 0 Å². The van der Waals surface area contributed by atoms with Gasteiger partial charge in [-0.15, -0.1) is 0 Å². The van der Waals surface area contributed by atoms with E-state index in [1.54, 1.807) is 4.90 Å². The summed E-state index contributed by atoms with van der Waals surface area (Å²) < 4.78 is 0. The van der Waals surface area contributed by atoms with Crippen molar-refractivity contribution in [3.63, 3.8) is 0 Å². The Kier molecular flexibility index (Phi) is 3.47. The molecule has 1 aromatic carbocycles. The van der Waals surface area contributed by atoms with Gasteiger partial charge < -0.3 is 5.32 Å². The van der Waals surface area contributed by atoms with Crippen LogP contribution in [0.2, 0.25) is 0 Å². The highest BCUT2D eigenvalue weighted by Crippen LogP contribution is 2.37. The summed E-state index contributed by atoms with van der Waals surface area (Å²) in [5, 5.41) is 2.94. The van der Waals surface area contributed by atoms with Gasteiger partial charge in [-0.1, -0.05) is 31.5 Å². The third-order valence-corrected chi connectivity index (χ3v) is 4.39. The minimum Gasteiger partial charge on any atom is -0.342 e. The average molecular weight is 286 g/mol. The Morgan fingerprint density at radius 1 is 1.14 bits per heavy atom. The Labute approximate surface area is 125 Å². The first kappa shape index (κ1) is 14.1. The first-order valence-corrected chi connectivity index (χ1v) is 7.69. The van der Waals surface area contributed by atoms with Gasteiger partial charge in [0.1, 0.15) is 12.1 Å². The molecular formula is C17H22N2O2. The van der Waals surface area contributed by atoms with Crippen molar-refractivity contribution in [1.82, 2.24) is 5.32 Å². The van der Waals surface area contributed by atoms with Crippen LogP contribution < -0.4 is 10.2 Å². The molecule has 0 bridgehead atoms. The van der Waals surface area contributed by atoms with Crippen molar-refractivity contribution in [3.8, 4) is 0 Å². The van der Waals surface area contributed by atoms with Crippen LogP contribution >= 0.6 is 0 Å². The zero-order chi connectivity index (χ0) is 15.1. The molecule has 1 heterocycles. The van der Waals surface area contributed by atoms with Crippen LogP contribution in [-0.2, 0) is 9.59 Å². The molecule has 1 aliphatic carbocycles. The number of piperazine rings is 1. The van der Waals surface area contributed by atoms with E-state index in [9.17, 15) is 9.59 Å². The molecule has 2 amide bonds. The molecular weight excluding hydrogens is 264 g/mol. The van der Waals surface area contributed by atoms with Gasteiger partial charge in [-0.05, 0) is 43.7 Å². The molecule has 2 fully saturated rings. The Balaban J connectivity index is 1.99. The zero-order valence-corrected chi connectivity index (χ0v) is 12.8. The van der Waals surface area contributed by atoms with E-state index >= 15 is 0 Å².